The molecular formula is C22H24N4O2. The van der Waals surface area contributed by atoms with Gasteiger partial charge in [0, 0.05) is 37.8 Å². The molecule has 1 aromatic heterocycles. The summed E-state index contributed by atoms with van der Waals surface area (Å²) in [5.74, 6) is -0.104. The molecule has 0 aliphatic carbocycles. The minimum absolute atomic E-state index is 0.104. The fourth-order valence-electron chi connectivity index (χ4n) is 3.84. The van der Waals surface area contributed by atoms with Gasteiger partial charge in [-0.3, -0.25) is 9.59 Å². The Morgan fingerprint density at radius 1 is 1.04 bits per heavy atom. The van der Waals surface area contributed by atoms with Crippen LogP contribution in [-0.4, -0.2) is 28.8 Å². The zero-order valence-electron chi connectivity index (χ0n) is 16.0. The van der Waals surface area contributed by atoms with Crippen LogP contribution in [0.15, 0.2) is 53.3 Å². The van der Waals surface area contributed by atoms with Gasteiger partial charge in [-0.25, -0.2) is 4.68 Å². The minimum Gasteiger partial charge on any atom is -0.371 e. The third kappa shape index (κ3) is 3.63. The van der Waals surface area contributed by atoms with Crippen molar-refractivity contribution in [3.63, 3.8) is 0 Å². The SMILES string of the molecule is Cn1nc(CC(=O)NCc2ccccc2N2CCCC2)c2ccccc2c1=O. The summed E-state index contributed by atoms with van der Waals surface area (Å²) in [6.45, 7) is 2.62. The van der Waals surface area contributed by atoms with Crippen molar-refractivity contribution in [1.29, 1.82) is 0 Å². The van der Waals surface area contributed by atoms with Crippen LogP contribution in [0.4, 0.5) is 5.69 Å². The van der Waals surface area contributed by atoms with Crippen molar-refractivity contribution in [2.75, 3.05) is 18.0 Å². The number of rotatable bonds is 5. The lowest BCUT2D eigenvalue weighted by Crippen LogP contribution is -2.28. The number of carbonyl (C=O) groups excluding carboxylic acids is 1. The number of aromatic nitrogens is 2. The van der Waals surface area contributed by atoms with Gasteiger partial charge in [-0.2, -0.15) is 5.10 Å². The van der Waals surface area contributed by atoms with Crippen LogP contribution in [0.1, 0.15) is 24.1 Å². The van der Waals surface area contributed by atoms with Gasteiger partial charge in [0.25, 0.3) is 5.56 Å². The van der Waals surface area contributed by atoms with Crippen molar-refractivity contribution < 1.29 is 4.79 Å². The van der Waals surface area contributed by atoms with E-state index in [1.54, 1.807) is 13.1 Å². The van der Waals surface area contributed by atoms with Crippen molar-refractivity contribution in [3.05, 3.63) is 70.1 Å². The average Bonchev–Trinajstić information content (AvgIpc) is 3.25. The number of carbonyl (C=O) groups is 1. The van der Waals surface area contributed by atoms with Gasteiger partial charge in [0.2, 0.25) is 5.91 Å². The molecule has 0 spiro atoms. The molecule has 1 amide bonds. The predicted molar refractivity (Wildman–Crippen MR) is 110 cm³/mol. The maximum atomic E-state index is 12.6. The van der Waals surface area contributed by atoms with E-state index in [2.05, 4.69) is 27.4 Å². The van der Waals surface area contributed by atoms with E-state index in [0.717, 1.165) is 24.0 Å². The van der Waals surface area contributed by atoms with Crippen molar-refractivity contribution >= 4 is 22.4 Å². The first-order valence-electron chi connectivity index (χ1n) is 9.68. The van der Waals surface area contributed by atoms with E-state index in [9.17, 15) is 9.59 Å². The molecule has 1 saturated heterocycles. The largest absolute Gasteiger partial charge is 0.371 e. The highest BCUT2D eigenvalue weighted by molar-refractivity contribution is 5.88. The summed E-state index contributed by atoms with van der Waals surface area (Å²) < 4.78 is 1.30. The normalized spacial score (nSPS) is 13.8. The maximum Gasteiger partial charge on any atom is 0.274 e. The Morgan fingerprint density at radius 2 is 1.71 bits per heavy atom. The van der Waals surface area contributed by atoms with Crippen LogP contribution < -0.4 is 15.8 Å². The Labute approximate surface area is 163 Å². The smallest absolute Gasteiger partial charge is 0.274 e. The monoisotopic (exact) mass is 376 g/mol. The zero-order chi connectivity index (χ0) is 19.5. The summed E-state index contributed by atoms with van der Waals surface area (Å²) in [5, 5.41) is 8.65. The fourth-order valence-corrected chi connectivity index (χ4v) is 3.84. The second-order valence-electron chi connectivity index (χ2n) is 7.20. The van der Waals surface area contributed by atoms with Gasteiger partial charge in [0.15, 0.2) is 0 Å². The predicted octanol–water partition coefficient (Wildman–Crippen LogP) is 2.39. The number of hydrogen-bond acceptors (Lipinski definition) is 4. The number of hydrogen-bond donors (Lipinski definition) is 1. The van der Waals surface area contributed by atoms with Crippen molar-refractivity contribution in [2.24, 2.45) is 7.05 Å². The summed E-state index contributed by atoms with van der Waals surface area (Å²) in [6, 6.07) is 15.5. The van der Waals surface area contributed by atoms with Crippen molar-refractivity contribution in [1.82, 2.24) is 15.1 Å². The molecule has 6 nitrogen and oxygen atoms in total. The van der Waals surface area contributed by atoms with Gasteiger partial charge in [0.05, 0.1) is 17.5 Å². The molecule has 0 atom stereocenters. The Balaban J connectivity index is 1.50. The Morgan fingerprint density at radius 3 is 2.50 bits per heavy atom. The molecule has 0 unspecified atom stereocenters. The number of nitrogens with one attached hydrogen (secondary N) is 1. The van der Waals surface area contributed by atoms with Crippen LogP contribution >= 0.6 is 0 Å². The molecule has 1 aliphatic rings. The first-order chi connectivity index (χ1) is 13.6. The summed E-state index contributed by atoms with van der Waals surface area (Å²) in [5.41, 5.74) is 2.78. The molecule has 0 bridgehead atoms. The van der Waals surface area contributed by atoms with Gasteiger partial charge >= 0.3 is 0 Å². The molecule has 3 aromatic rings. The van der Waals surface area contributed by atoms with Gasteiger partial charge < -0.3 is 10.2 Å². The number of nitrogens with zero attached hydrogens (tertiary/aromatic N) is 3. The third-order valence-electron chi connectivity index (χ3n) is 5.28. The van der Waals surface area contributed by atoms with Crippen LogP contribution in [0, 0.1) is 0 Å². The fraction of sp³-hybridized carbons (Fsp3) is 0.318. The topological polar surface area (TPSA) is 67.2 Å². The van der Waals surface area contributed by atoms with Crippen molar-refractivity contribution in [3.8, 4) is 0 Å². The van der Waals surface area contributed by atoms with E-state index in [4.69, 9.17) is 0 Å². The van der Waals surface area contributed by atoms with Gasteiger partial charge in [0.1, 0.15) is 0 Å². The lowest BCUT2D eigenvalue weighted by molar-refractivity contribution is -0.120. The number of anilines is 1. The maximum absolute atomic E-state index is 12.6. The van der Waals surface area contributed by atoms with E-state index in [1.807, 2.05) is 30.3 Å². The van der Waals surface area contributed by atoms with Crippen LogP contribution in [0.5, 0.6) is 0 Å². The molecule has 4 rings (SSSR count). The molecule has 28 heavy (non-hydrogen) atoms. The summed E-state index contributed by atoms with van der Waals surface area (Å²) in [4.78, 5) is 27.2. The second kappa shape index (κ2) is 7.84. The van der Waals surface area contributed by atoms with E-state index in [1.165, 1.54) is 23.2 Å². The lowest BCUT2D eigenvalue weighted by Gasteiger charge is -2.21. The molecule has 2 aromatic carbocycles. The molecule has 0 saturated carbocycles. The zero-order valence-corrected chi connectivity index (χ0v) is 16.0. The van der Waals surface area contributed by atoms with Crippen LogP contribution in [0.25, 0.3) is 10.8 Å². The van der Waals surface area contributed by atoms with Gasteiger partial charge in [-0.05, 0) is 30.5 Å². The summed E-state index contributed by atoms with van der Waals surface area (Å²) in [7, 11) is 1.61. The van der Waals surface area contributed by atoms with E-state index < -0.39 is 0 Å². The van der Waals surface area contributed by atoms with Crippen LogP contribution in [0.2, 0.25) is 0 Å². The quantitative estimate of drug-likeness (QED) is 0.743. The number of amides is 1. The summed E-state index contributed by atoms with van der Waals surface area (Å²) in [6.07, 6.45) is 2.57. The second-order valence-corrected chi connectivity index (χ2v) is 7.20. The number of fused-ring (bicyclic) bond motifs is 1. The van der Waals surface area contributed by atoms with Gasteiger partial charge in [-0.15, -0.1) is 0 Å². The Kier molecular flexibility index (Phi) is 5.10. The number of para-hydroxylation sites is 1. The van der Waals surface area contributed by atoms with Crippen LogP contribution in [-0.2, 0) is 24.8 Å². The standard InChI is InChI=1S/C22H24N4O2/c1-25-22(28)18-10-4-3-9-17(18)19(24-25)14-21(27)23-15-16-8-2-5-11-20(16)26-12-6-7-13-26/h2-5,8-11H,6-7,12-15H2,1H3,(H,23,27). The Hall–Kier alpha value is -3.15. The van der Waals surface area contributed by atoms with E-state index in [0.29, 0.717) is 17.6 Å². The third-order valence-corrected chi connectivity index (χ3v) is 5.28. The number of aryl methyl sites for hydroxylation is 1. The molecule has 2 heterocycles. The molecule has 1 fully saturated rings. The average molecular weight is 376 g/mol. The van der Waals surface area contributed by atoms with Crippen molar-refractivity contribution in [2.45, 2.75) is 25.8 Å². The molecule has 0 radical (unpaired) electrons. The Bertz CT molecular complexity index is 1070. The highest BCUT2D eigenvalue weighted by atomic mass is 16.1. The lowest BCUT2D eigenvalue weighted by atomic mass is 10.1. The number of benzene rings is 2. The molecular weight excluding hydrogens is 352 g/mol. The highest BCUT2D eigenvalue weighted by Crippen LogP contribution is 2.24. The minimum atomic E-state index is -0.153. The highest BCUT2D eigenvalue weighted by Gasteiger charge is 2.16. The molecule has 6 heteroatoms. The molecule has 144 valence electrons. The molecule has 1 N–H and O–H groups in total. The van der Waals surface area contributed by atoms with Gasteiger partial charge in [-0.1, -0.05) is 36.4 Å². The van der Waals surface area contributed by atoms with E-state index in [-0.39, 0.29) is 17.9 Å². The first-order valence-corrected chi connectivity index (χ1v) is 9.68. The molecule has 1 aliphatic heterocycles. The summed E-state index contributed by atoms with van der Waals surface area (Å²) >= 11 is 0. The van der Waals surface area contributed by atoms with Crippen LogP contribution in [0.3, 0.4) is 0 Å². The first kappa shape index (κ1) is 18.2. The van der Waals surface area contributed by atoms with E-state index >= 15 is 0 Å².